The smallest absolute Gasteiger partial charge is 0.244 e. The van der Waals surface area contributed by atoms with E-state index in [-0.39, 0.29) is 6.04 Å². The topological polar surface area (TPSA) is 81.6 Å². The molecule has 0 amide bonds. The second-order valence-corrected chi connectivity index (χ2v) is 6.70. The Morgan fingerprint density at radius 1 is 1.03 bits per heavy atom. The Morgan fingerprint density at radius 2 is 1.93 bits per heavy atom. The van der Waals surface area contributed by atoms with Gasteiger partial charge < -0.3 is 10.1 Å². The Kier molecular flexibility index (Phi) is 4.09. The molecule has 29 heavy (non-hydrogen) atoms. The molecule has 5 heterocycles. The molecule has 0 unspecified atom stereocenters. The van der Waals surface area contributed by atoms with Crippen LogP contribution in [0.4, 0.5) is 5.95 Å². The maximum absolute atomic E-state index is 5.60. The zero-order chi connectivity index (χ0) is 19.8. The van der Waals surface area contributed by atoms with Crippen LogP contribution >= 0.6 is 0 Å². The molecule has 0 aliphatic rings. The summed E-state index contributed by atoms with van der Waals surface area (Å²) in [5.41, 5.74) is 4.79. The van der Waals surface area contributed by atoms with Crippen LogP contribution in [-0.4, -0.2) is 36.3 Å². The van der Waals surface area contributed by atoms with Gasteiger partial charge in [0.25, 0.3) is 0 Å². The summed E-state index contributed by atoms with van der Waals surface area (Å²) in [5.74, 6) is 0.977. The van der Waals surface area contributed by atoms with Crippen LogP contribution in [0.2, 0.25) is 0 Å². The van der Waals surface area contributed by atoms with Crippen molar-refractivity contribution in [3.05, 3.63) is 72.9 Å². The van der Waals surface area contributed by atoms with Crippen LogP contribution < -0.4 is 10.1 Å². The molecule has 5 aromatic rings. The minimum absolute atomic E-state index is 0.0438. The second kappa shape index (κ2) is 6.90. The molecule has 1 atom stereocenters. The van der Waals surface area contributed by atoms with Crippen LogP contribution in [0.3, 0.4) is 0 Å². The van der Waals surface area contributed by atoms with Crippen molar-refractivity contribution in [1.29, 1.82) is 0 Å². The lowest BCUT2D eigenvalue weighted by atomic mass is 10.1. The largest absolute Gasteiger partial charge is 0.479 e. The first kappa shape index (κ1) is 17.2. The zero-order valence-corrected chi connectivity index (χ0v) is 16.0. The number of methoxy groups -OCH3 is 1. The SMILES string of the molecule is COc1nc(N[C@@H](C)c2ccccn2)nn2ccc(-c3ccn4nccc4c3)c12. The number of pyridine rings is 2. The molecule has 5 rings (SSSR count). The van der Waals surface area contributed by atoms with E-state index in [1.165, 1.54) is 0 Å². The maximum Gasteiger partial charge on any atom is 0.244 e. The van der Waals surface area contributed by atoms with Gasteiger partial charge in [0.1, 0.15) is 5.52 Å². The lowest BCUT2D eigenvalue weighted by Crippen LogP contribution is -2.13. The van der Waals surface area contributed by atoms with Gasteiger partial charge in [-0.1, -0.05) is 6.07 Å². The van der Waals surface area contributed by atoms with Gasteiger partial charge in [0.15, 0.2) is 0 Å². The number of ether oxygens (including phenoxy) is 1. The summed E-state index contributed by atoms with van der Waals surface area (Å²) >= 11 is 0. The summed E-state index contributed by atoms with van der Waals surface area (Å²) in [6, 6.07) is 13.9. The molecule has 8 nitrogen and oxygen atoms in total. The fourth-order valence-electron chi connectivity index (χ4n) is 3.42. The van der Waals surface area contributed by atoms with Crippen molar-refractivity contribution in [2.24, 2.45) is 0 Å². The highest BCUT2D eigenvalue weighted by Crippen LogP contribution is 2.32. The summed E-state index contributed by atoms with van der Waals surface area (Å²) in [7, 11) is 1.62. The first-order valence-electron chi connectivity index (χ1n) is 9.27. The lowest BCUT2D eigenvalue weighted by Gasteiger charge is -2.14. The van der Waals surface area contributed by atoms with E-state index in [1.54, 1.807) is 24.0 Å². The third kappa shape index (κ3) is 3.04. The van der Waals surface area contributed by atoms with E-state index in [0.29, 0.717) is 11.8 Å². The monoisotopic (exact) mass is 385 g/mol. The Labute approximate surface area is 166 Å². The van der Waals surface area contributed by atoms with Gasteiger partial charge in [0.2, 0.25) is 11.8 Å². The lowest BCUT2D eigenvalue weighted by molar-refractivity contribution is 0.399. The Bertz CT molecular complexity index is 1290. The van der Waals surface area contributed by atoms with Crippen LogP contribution in [0.15, 0.2) is 67.3 Å². The first-order chi connectivity index (χ1) is 14.2. The van der Waals surface area contributed by atoms with Crippen molar-refractivity contribution in [2.75, 3.05) is 12.4 Å². The summed E-state index contributed by atoms with van der Waals surface area (Å²) in [6.45, 7) is 2.02. The van der Waals surface area contributed by atoms with Crippen molar-refractivity contribution < 1.29 is 4.74 Å². The van der Waals surface area contributed by atoms with Gasteiger partial charge >= 0.3 is 0 Å². The highest BCUT2D eigenvalue weighted by molar-refractivity contribution is 5.85. The van der Waals surface area contributed by atoms with Crippen LogP contribution in [-0.2, 0) is 0 Å². The molecule has 0 aliphatic carbocycles. The highest BCUT2D eigenvalue weighted by Gasteiger charge is 2.17. The average molecular weight is 385 g/mol. The highest BCUT2D eigenvalue weighted by atomic mass is 16.5. The summed E-state index contributed by atoms with van der Waals surface area (Å²) < 4.78 is 9.22. The van der Waals surface area contributed by atoms with Crippen LogP contribution in [0, 0.1) is 0 Å². The predicted molar refractivity (Wildman–Crippen MR) is 110 cm³/mol. The fraction of sp³-hybridized carbons (Fsp3) is 0.143. The van der Waals surface area contributed by atoms with Gasteiger partial charge in [-0.3, -0.25) is 4.98 Å². The molecular formula is C21H19N7O. The summed E-state index contributed by atoms with van der Waals surface area (Å²) in [5, 5.41) is 12.2. The van der Waals surface area contributed by atoms with Gasteiger partial charge in [-0.25, -0.2) is 9.03 Å². The van der Waals surface area contributed by atoms with Crippen LogP contribution in [0.1, 0.15) is 18.7 Å². The molecule has 0 saturated heterocycles. The number of aromatic nitrogens is 6. The number of nitrogens with zero attached hydrogens (tertiary/aromatic N) is 6. The predicted octanol–water partition coefficient (Wildman–Crippen LogP) is 3.62. The van der Waals surface area contributed by atoms with Crippen molar-refractivity contribution in [3.63, 3.8) is 0 Å². The molecular weight excluding hydrogens is 366 g/mol. The standard InChI is InChI=1S/C21H19N7O/c1-14(18-5-3-4-9-22-18)24-21-25-20(29-2)19-17(8-12-28(19)26-21)15-7-11-27-16(13-15)6-10-23-27/h3-14H,1-2H3,(H,24,26)/t14-/m0/s1. The van der Waals surface area contributed by atoms with Crippen molar-refractivity contribution in [3.8, 4) is 17.0 Å². The molecule has 1 N–H and O–H groups in total. The quantitative estimate of drug-likeness (QED) is 0.498. The summed E-state index contributed by atoms with van der Waals surface area (Å²) in [6.07, 6.45) is 7.40. The zero-order valence-electron chi connectivity index (χ0n) is 16.0. The number of anilines is 1. The molecule has 0 aliphatic heterocycles. The van der Waals surface area contributed by atoms with Gasteiger partial charge in [-0.05, 0) is 48.9 Å². The van der Waals surface area contributed by atoms with Crippen LogP contribution in [0.5, 0.6) is 5.88 Å². The minimum Gasteiger partial charge on any atom is -0.479 e. The normalized spacial score (nSPS) is 12.3. The first-order valence-corrected chi connectivity index (χ1v) is 9.27. The molecule has 144 valence electrons. The van der Waals surface area contributed by atoms with E-state index in [0.717, 1.165) is 27.9 Å². The molecule has 0 radical (unpaired) electrons. The van der Waals surface area contributed by atoms with E-state index in [4.69, 9.17) is 4.74 Å². The Balaban J connectivity index is 1.55. The maximum atomic E-state index is 5.60. The molecule has 0 fully saturated rings. The van der Waals surface area contributed by atoms with Crippen molar-refractivity contribution in [1.82, 2.24) is 29.2 Å². The number of rotatable bonds is 5. The number of hydrogen-bond donors (Lipinski definition) is 1. The van der Waals surface area contributed by atoms with E-state index in [1.807, 2.05) is 60.2 Å². The third-order valence-electron chi connectivity index (χ3n) is 4.86. The molecule has 0 spiro atoms. The number of hydrogen-bond acceptors (Lipinski definition) is 6. The molecule has 0 bridgehead atoms. The molecule has 5 aromatic heterocycles. The number of nitrogens with one attached hydrogen (secondary N) is 1. The Morgan fingerprint density at radius 3 is 2.76 bits per heavy atom. The van der Waals surface area contributed by atoms with Crippen molar-refractivity contribution in [2.45, 2.75) is 13.0 Å². The minimum atomic E-state index is -0.0438. The average Bonchev–Trinajstić information content (AvgIpc) is 3.40. The van der Waals surface area contributed by atoms with Crippen LogP contribution in [0.25, 0.3) is 22.2 Å². The third-order valence-corrected chi connectivity index (χ3v) is 4.86. The summed E-state index contributed by atoms with van der Waals surface area (Å²) in [4.78, 5) is 8.97. The van der Waals surface area contributed by atoms with E-state index < -0.39 is 0 Å². The van der Waals surface area contributed by atoms with Gasteiger partial charge in [-0.2, -0.15) is 10.1 Å². The van der Waals surface area contributed by atoms with Gasteiger partial charge in [-0.15, -0.1) is 5.10 Å². The molecule has 0 aromatic carbocycles. The Hall–Kier alpha value is -3.94. The van der Waals surface area contributed by atoms with E-state index >= 15 is 0 Å². The molecule has 0 saturated carbocycles. The number of fused-ring (bicyclic) bond motifs is 2. The molecule has 8 heteroatoms. The van der Waals surface area contributed by atoms with E-state index in [2.05, 4.69) is 31.5 Å². The second-order valence-electron chi connectivity index (χ2n) is 6.70. The van der Waals surface area contributed by atoms with Crippen molar-refractivity contribution >= 4 is 17.0 Å². The van der Waals surface area contributed by atoms with Gasteiger partial charge in [0.05, 0.1) is 24.4 Å². The van der Waals surface area contributed by atoms with E-state index in [9.17, 15) is 0 Å². The van der Waals surface area contributed by atoms with Gasteiger partial charge in [0, 0.05) is 30.4 Å². The fourth-order valence-corrected chi connectivity index (χ4v) is 3.42.